The summed E-state index contributed by atoms with van der Waals surface area (Å²) in [7, 11) is 8.22. The van der Waals surface area contributed by atoms with E-state index in [9.17, 15) is 4.79 Å². The lowest BCUT2D eigenvalue weighted by molar-refractivity contribution is -0.229. The van der Waals surface area contributed by atoms with E-state index >= 15 is 0 Å². The van der Waals surface area contributed by atoms with Gasteiger partial charge in [-0.3, -0.25) is 0 Å². The first-order valence-electron chi connectivity index (χ1n) is 10.3. The number of rotatable bonds is 8. The number of esters is 1. The Morgan fingerprint density at radius 1 is 1.26 bits per heavy atom. The summed E-state index contributed by atoms with van der Waals surface area (Å²) in [6.45, 7) is 0.679. The van der Waals surface area contributed by atoms with E-state index in [1.807, 2.05) is 24.1 Å². The molecule has 2 aliphatic carbocycles. The second-order valence-corrected chi connectivity index (χ2v) is 8.00. The minimum atomic E-state index is -1.03. The molecule has 7 nitrogen and oxygen atoms in total. The van der Waals surface area contributed by atoms with Gasteiger partial charge in [0.1, 0.15) is 0 Å². The Balaban J connectivity index is 1.80. The first kappa shape index (κ1) is 21.5. The predicted octanol–water partition coefficient (Wildman–Crippen LogP) is 2.74. The van der Waals surface area contributed by atoms with Gasteiger partial charge in [-0.25, -0.2) is 4.79 Å². The van der Waals surface area contributed by atoms with Crippen LogP contribution in [0.5, 0.6) is 11.5 Å². The molecule has 31 heavy (non-hydrogen) atoms. The number of methoxy groups -OCH3 is 4. The van der Waals surface area contributed by atoms with Crippen LogP contribution in [0.3, 0.4) is 0 Å². The molecule has 0 saturated carbocycles. The van der Waals surface area contributed by atoms with Crippen molar-refractivity contribution in [3.63, 3.8) is 0 Å². The van der Waals surface area contributed by atoms with Crippen molar-refractivity contribution in [3.05, 3.63) is 59.3 Å². The highest BCUT2D eigenvalue weighted by Gasteiger charge is 2.63. The summed E-state index contributed by atoms with van der Waals surface area (Å²) in [5.41, 5.74) is 3.08. The molecule has 1 heterocycles. The summed E-state index contributed by atoms with van der Waals surface area (Å²) in [5, 5.41) is 0. The number of carbonyl (C=O) groups is 1. The maximum atomic E-state index is 11.5. The first-order chi connectivity index (χ1) is 15.0. The van der Waals surface area contributed by atoms with Crippen molar-refractivity contribution in [1.29, 1.82) is 0 Å². The molecule has 1 aromatic carbocycles. The highest BCUT2D eigenvalue weighted by Crippen LogP contribution is 2.61. The number of carbonyl (C=O) groups excluding carboxylic acids is 1. The standard InChI is InChI=1S/C24H29NO6/c1-25(14-11-19(26)28-3)15-13-23-17-8-6-16-7-9-18(27-2)21(20(16)23)31-22(23)24(29-4,30-5)12-10-17/h7-12,14,22H,6,13,15H2,1-5H3/b14-11+/t22-,23+/m1/s1. The molecule has 0 amide bonds. The van der Waals surface area contributed by atoms with Gasteiger partial charge in [-0.05, 0) is 36.1 Å². The summed E-state index contributed by atoms with van der Waals surface area (Å²) in [6.07, 6.45) is 10.6. The van der Waals surface area contributed by atoms with Crippen LogP contribution in [0, 0.1) is 0 Å². The van der Waals surface area contributed by atoms with Gasteiger partial charge in [0.2, 0.25) is 5.79 Å². The minimum absolute atomic E-state index is 0.385. The van der Waals surface area contributed by atoms with Crippen LogP contribution in [-0.4, -0.2) is 64.8 Å². The summed E-state index contributed by atoms with van der Waals surface area (Å²) < 4.78 is 28.7. The van der Waals surface area contributed by atoms with Gasteiger partial charge in [-0.15, -0.1) is 0 Å². The number of benzene rings is 1. The summed E-state index contributed by atoms with van der Waals surface area (Å²) in [4.78, 5) is 13.5. The zero-order valence-electron chi connectivity index (χ0n) is 18.6. The van der Waals surface area contributed by atoms with Gasteiger partial charge in [0.15, 0.2) is 17.6 Å². The average Bonchev–Trinajstić information content (AvgIpc) is 3.17. The third kappa shape index (κ3) is 3.15. The molecule has 0 N–H and O–H groups in total. The van der Waals surface area contributed by atoms with Gasteiger partial charge < -0.3 is 28.6 Å². The van der Waals surface area contributed by atoms with Crippen molar-refractivity contribution >= 4 is 5.97 Å². The molecule has 0 unspecified atom stereocenters. The van der Waals surface area contributed by atoms with E-state index in [4.69, 9.17) is 23.7 Å². The topological polar surface area (TPSA) is 66.5 Å². The van der Waals surface area contributed by atoms with Gasteiger partial charge in [0, 0.05) is 45.7 Å². The molecule has 3 aliphatic rings. The molecule has 4 rings (SSSR count). The quantitative estimate of drug-likeness (QED) is 0.359. The Kier molecular flexibility index (Phi) is 5.58. The smallest absolute Gasteiger partial charge is 0.331 e. The number of ether oxygens (including phenoxy) is 5. The maximum absolute atomic E-state index is 11.5. The van der Waals surface area contributed by atoms with E-state index in [2.05, 4.69) is 18.2 Å². The van der Waals surface area contributed by atoms with Gasteiger partial charge in [0.25, 0.3) is 0 Å². The Morgan fingerprint density at radius 2 is 2.03 bits per heavy atom. The first-order valence-corrected chi connectivity index (χ1v) is 10.3. The Hall–Kier alpha value is -2.77. The Labute approximate surface area is 182 Å². The van der Waals surface area contributed by atoms with Crippen molar-refractivity contribution in [3.8, 4) is 11.5 Å². The fourth-order valence-corrected chi connectivity index (χ4v) is 5.04. The van der Waals surface area contributed by atoms with Crippen molar-refractivity contribution in [2.75, 3.05) is 42.0 Å². The molecule has 0 saturated heterocycles. The zero-order valence-corrected chi connectivity index (χ0v) is 18.6. The van der Waals surface area contributed by atoms with Crippen molar-refractivity contribution in [2.45, 2.75) is 30.1 Å². The van der Waals surface area contributed by atoms with E-state index in [1.54, 1.807) is 27.5 Å². The monoisotopic (exact) mass is 427 g/mol. The average molecular weight is 427 g/mol. The van der Waals surface area contributed by atoms with Crippen LogP contribution >= 0.6 is 0 Å². The molecule has 0 fully saturated rings. The van der Waals surface area contributed by atoms with Crippen molar-refractivity contribution in [1.82, 2.24) is 4.90 Å². The molecule has 1 aliphatic heterocycles. The second kappa shape index (κ2) is 8.05. The zero-order chi connectivity index (χ0) is 22.2. The lowest BCUT2D eigenvalue weighted by Gasteiger charge is -2.48. The third-order valence-corrected chi connectivity index (χ3v) is 6.64. The fourth-order valence-electron chi connectivity index (χ4n) is 5.04. The summed E-state index contributed by atoms with van der Waals surface area (Å²) in [5.74, 6) is 0.0417. The number of hydrogen-bond acceptors (Lipinski definition) is 7. The van der Waals surface area contributed by atoms with E-state index < -0.39 is 17.3 Å². The third-order valence-electron chi connectivity index (χ3n) is 6.64. The number of nitrogens with zero attached hydrogens (tertiary/aromatic N) is 1. The molecule has 0 aromatic heterocycles. The van der Waals surface area contributed by atoms with Crippen LogP contribution in [0.15, 0.2) is 48.2 Å². The Morgan fingerprint density at radius 3 is 2.71 bits per heavy atom. The van der Waals surface area contributed by atoms with E-state index in [0.29, 0.717) is 12.3 Å². The minimum Gasteiger partial charge on any atom is -0.493 e. The molecule has 1 aromatic rings. The highest BCUT2D eigenvalue weighted by molar-refractivity contribution is 5.81. The highest BCUT2D eigenvalue weighted by atomic mass is 16.7. The lowest BCUT2D eigenvalue weighted by atomic mass is 9.60. The van der Waals surface area contributed by atoms with E-state index in [-0.39, 0.29) is 5.97 Å². The second-order valence-electron chi connectivity index (χ2n) is 8.00. The van der Waals surface area contributed by atoms with E-state index in [0.717, 1.165) is 24.2 Å². The number of hydrogen-bond donors (Lipinski definition) is 0. The molecule has 0 radical (unpaired) electrons. The van der Waals surface area contributed by atoms with E-state index in [1.165, 1.54) is 24.3 Å². The van der Waals surface area contributed by atoms with Crippen LogP contribution in [0.2, 0.25) is 0 Å². The fraction of sp³-hybridized carbons (Fsp3) is 0.458. The van der Waals surface area contributed by atoms with Crippen LogP contribution in [-0.2, 0) is 30.8 Å². The Bertz CT molecular complexity index is 961. The van der Waals surface area contributed by atoms with Crippen LogP contribution < -0.4 is 9.47 Å². The normalized spacial score (nSPS) is 24.4. The molecular formula is C24H29NO6. The van der Waals surface area contributed by atoms with Crippen LogP contribution in [0.1, 0.15) is 17.5 Å². The SMILES string of the molecule is COC(=O)/C=C/N(C)CC[C@]12C3=CCc4ccc(OC)c(c41)O[C@H]2C(OC)(OC)C=C3. The van der Waals surface area contributed by atoms with Crippen molar-refractivity contribution < 1.29 is 28.5 Å². The van der Waals surface area contributed by atoms with Gasteiger partial charge in [0.05, 0.1) is 19.6 Å². The number of allylic oxidation sites excluding steroid dienone is 2. The van der Waals surface area contributed by atoms with Crippen LogP contribution in [0.25, 0.3) is 0 Å². The molecule has 0 bridgehead atoms. The summed E-state index contributed by atoms with van der Waals surface area (Å²) in [6, 6.07) is 4.07. The predicted molar refractivity (Wildman–Crippen MR) is 115 cm³/mol. The maximum Gasteiger partial charge on any atom is 0.331 e. The summed E-state index contributed by atoms with van der Waals surface area (Å²) >= 11 is 0. The van der Waals surface area contributed by atoms with Crippen LogP contribution in [0.4, 0.5) is 0 Å². The molecular weight excluding hydrogens is 398 g/mol. The molecule has 2 atom stereocenters. The lowest BCUT2D eigenvalue weighted by Crippen LogP contribution is -2.59. The molecule has 0 spiro atoms. The molecule has 166 valence electrons. The van der Waals surface area contributed by atoms with Gasteiger partial charge >= 0.3 is 5.97 Å². The molecule has 7 heteroatoms. The van der Waals surface area contributed by atoms with Crippen molar-refractivity contribution in [2.24, 2.45) is 0 Å². The largest absolute Gasteiger partial charge is 0.493 e. The van der Waals surface area contributed by atoms with Gasteiger partial charge in [-0.2, -0.15) is 0 Å². The van der Waals surface area contributed by atoms with Gasteiger partial charge in [-0.1, -0.05) is 18.2 Å².